The summed E-state index contributed by atoms with van der Waals surface area (Å²) in [5, 5.41) is 3.43. The third-order valence-corrected chi connectivity index (χ3v) is 4.39. The van der Waals surface area contributed by atoms with Gasteiger partial charge in [0, 0.05) is 0 Å². The minimum absolute atomic E-state index is 0.334. The molecule has 20 heavy (non-hydrogen) atoms. The Morgan fingerprint density at radius 3 is 2.75 bits per heavy atom. The Kier molecular flexibility index (Phi) is 5.05. The molecule has 2 rings (SSSR count). The predicted octanol–water partition coefficient (Wildman–Crippen LogP) is 2.52. The van der Waals surface area contributed by atoms with Gasteiger partial charge in [-0.3, -0.25) is 0 Å². The summed E-state index contributed by atoms with van der Waals surface area (Å²) in [5.74, 6) is 1.35. The van der Waals surface area contributed by atoms with E-state index in [0.717, 1.165) is 31.3 Å². The summed E-state index contributed by atoms with van der Waals surface area (Å²) in [7, 11) is -3.49. The Hall–Kier alpha value is -1.07. The van der Waals surface area contributed by atoms with Crippen LogP contribution >= 0.6 is 0 Å². The lowest BCUT2D eigenvalue weighted by Crippen LogP contribution is -2.33. The van der Waals surface area contributed by atoms with Gasteiger partial charge in [0.05, 0.1) is 6.26 Å². The van der Waals surface area contributed by atoms with Crippen LogP contribution in [0.25, 0.3) is 0 Å². The number of para-hydroxylation sites is 1. The lowest BCUT2D eigenvalue weighted by Gasteiger charge is -2.31. The van der Waals surface area contributed by atoms with E-state index in [9.17, 15) is 8.42 Å². The number of piperidine rings is 1. The van der Waals surface area contributed by atoms with Crippen molar-refractivity contribution >= 4 is 10.1 Å². The molecule has 1 fully saturated rings. The SMILES string of the molecule is CCC(c1ccccc1OS(C)(=O)=O)C1CCCNC1. The Morgan fingerprint density at radius 1 is 1.40 bits per heavy atom. The molecule has 0 aliphatic carbocycles. The molecule has 1 aromatic rings. The van der Waals surface area contributed by atoms with Gasteiger partial charge in [0.2, 0.25) is 0 Å². The average molecular weight is 297 g/mol. The van der Waals surface area contributed by atoms with Crippen molar-refractivity contribution in [3.8, 4) is 5.75 Å². The van der Waals surface area contributed by atoms with Gasteiger partial charge in [0.1, 0.15) is 5.75 Å². The monoisotopic (exact) mass is 297 g/mol. The fourth-order valence-electron chi connectivity index (χ4n) is 3.06. The molecule has 1 aliphatic heterocycles. The number of benzene rings is 1. The van der Waals surface area contributed by atoms with Crippen molar-refractivity contribution in [3.05, 3.63) is 29.8 Å². The van der Waals surface area contributed by atoms with Crippen LogP contribution in [0, 0.1) is 5.92 Å². The summed E-state index contributed by atoms with van der Waals surface area (Å²) in [5.41, 5.74) is 1.01. The van der Waals surface area contributed by atoms with Crippen molar-refractivity contribution in [2.75, 3.05) is 19.3 Å². The molecule has 1 heterocycles. The molecule has 5 heteroatoms. The summed E-state index contributed by atoms with van der Waals surface area (Å²) in [6.45, 7) is 4.22. The lowest BCUT2D eigenvalue weighted by atomic mass is 9.80. The van der Waals surface area contributed by atoms with Crippen molar-refractivity contribution in [1.82, 2.24) is 5.32 Å². The molecule has 0 bridgehead atoms. The standard InChI is InChI=1S/C15H23NO3S/c1-3-13(12-7-6-10-16-11-12)14-8-4-5-9-15(14)19-20(2,17)18/h4-5,8-9,12-13,16H,3,6-7,10-11H2,1-2H3. The summed E-state index contributed by atoms with van der Waals surface area (Å²) in [6, 6.07) is 7.50. The Balaban J connectivity index is 2.29. The van der Waals surface area contributed by atoms with Crippen LogP contribution in [-0.2, 0) is 10.1 Å². The molecule has 1 aliphatic rings. The van der Waals surface area contributed by atoms with Gasteiger partial charge in [-0.05, 0) is 55.8 Å². The van der Waals surface area contributed by atoms with Crippen molar-refractivity contribution in [2.24, 2.45) is 5.92 Å². The highest BCUT2D eigenvalue weighted by atomic mass is 32.2. The molecule has 112 valence electrons. The number of nitrogens with one attached hydrogen (secondary N) is 1. The molecule has 0 aromatic heterocycles. The van der Waals surface area contributed by atoms with Crippen molar-refractivity contribution in [3.63, 3.8) is 0 Å². The second-order valence-corrected chi connectivity index (χ2v) is 7.02. The van der Waals surface area contributed by atoms with Crippen LogP contribution in [0.2, 0.25) is 0 Å². The zero-order valence-electron chi connectivity index (χ0n) is 12.1. The van der Waals surface area contributed by atoms with Crippen LogP contribution in [0.4, 0.5) is 0 Å². The smallest absolute Gasteiger partial charge is 0.306 e. The van der Waals surface area contributed by atoms with Crippen LogP contribution in [-0.4, -0.2) is 27.8 Å². The second-order valence-electron chi connectivity index (χ2n) is 5.45. The van der Waals surface area contributed by atoms with Gasteiger partial charge in [0.15, 0.2) is 0 Å². The molecule has 0 amide bonds. The maximum atomic E-state index is 11.4. The van der Waals surface area contributed by atoms with Gasteiger partial charge in [-0.15, -0.1) is 0 Å². The minimum Gasteiger partial charge on any atom is -0.382 e. The van der Waals surface area contributed by atoms with Crippen molar-refractivity contribution in [2.45, 2.75) is 32.1 Å². The number of rotatable bonds is 5. The topological polar surface area (TPSA) is 55.4 Å². The normalized spacial score (nSPS) is 21.4. The molecule has 1 saturated heterocycles. The highest BCUT2D eigenvalue weighted by molar-refractivity contribution is 7.86. The van der Waals surface area contributed by atoms with E-state index < -0.39 is 10.1 Å². The van der Waals surface area contributed by atoms with Gasteiger partial charge in [-0.1, -0.05) is 25.1 Å². The highest BCUT2D eigenvalue weighted by Gasteiger charge is 2.26. The van der Waals surface area contributed by atoms with E-state index in [1.165, 1.54) is 12.8 Å². The van der Waals surface area contributed by atoms with Gasteiger partial charge in [-0.25, -0.2) is 0 Å². The van der Waals surface area contributed by atoms with E-state index >= 15 is 0 Å². The summed E-state index contributed by atoms with van der Waals surface area (Å²) in [6.07, 6.45) is 4.43. The molecule has 2 unspecified atom stereocenters. The molecule has 0 radical (unpaired) electrons. The Morgan fingerprint density at radius 2 is 2.15 bits per heavy atom. The first-order valence-electron chi connectivity index (χ1n) is 7.20. The third-order valence-electron chi connectivity index (χ3n) is 3.90. The summed E-state index contributed by atoms with van der Waals surface area (Å²) < 4.78 is 28.0. The summed E-state index contributed by atoms with van der Waals surface area (Å²) in [4.78, 5) is 0. The van der Waals surface area contributed by atoms with Crippen LogP contribution in [0.3, 0.4) is 0 Å². The zero-order chi connectivity index (χ0) is 14.6. The van der Waals surface area contributed by atoms with E-state index in [4.69, 9.17) is 4.18 Å². The maximum absolute atomic E-state index is 11.4. The molecule has 0 spiro atoms. The fourth-order valence-corrected chi connectivity index (χ4v) is 3.53. The molecule has 4 nitrogen and oxygen atoms in total. The van der Waals surface area contributed by atoms with E-state index in [1.54, 1.807) is 6.07 Å². The van der Waals surface area contributed by atoms with E-state index in [1.807, 2.05) is 18.2 Å². The van der Waals surface area contributed by atoms with Crippen molar-refractivity contribution < 1.29 is 12.6 Å². The van der Waals surface area contributed by atoms with Gasteiger partial charge < -0.3 is 9.50 Å². The Bertz CT molecular complexity index is 536. The van der Waals surface area contributed by atoms with Crippen molar-refractivity contribution in [1.29, 1.82) is 0 Å². The summed E-state index contributed by atoms with van der Waals surface area (Å²) >= 11 is 0. The largest absolute Gasteiger partial charge is 0.382 e. The van der Waals surface area contributed by atoms with E-state index in [0.29, 0.717) is 17.6 Å². The van der Waals surface area contributed by atoms with Crippen LogP contribution in [0.1, 0.15) is 37.7 Å². The second kappa shape index (κ2) is 6.59. The zero-order valence-corrected chi connectivity index (χ0v) is 12.9. The molecular formula is C15H23NO3S. The fraction of sp³-hybridized carbons (Fsp3) is 0.600. The number of hydrogen-bond donors (Lipinski definition) is 1. The molecule has 1 aromatic carbocycles. The minimum atomic E-state index is -3.49. The molecule has 1 N–H and O–H groups in total. The first kappa shape index (κ1) is 15.3. The third kappa shape index (κ3) is 3.96. The molecular weight excluding hydrogens is 274 g/mol. The van der Waals surface area contributed by atoms with E-state index in [2.05, 4.69) is 12.2 Å². The van der Waals surface area contributed by atoms with Gasteiger partial charge in [0.25, 0.3) is 0 Å². The Labute approximate surface area is 121 Å². The first-order valence-corrected chi connectivity index (χ1v) is 9.02. The van der Waals surface area contributed by atoms with Crippen LogP contribution < -0.4 is 9.50 Å². The lowest BCUT2D eigenvalue weighted by molar-refractivity contribution is 0.313. The average Bonchev–Trinajstić information content (AvgIpc) is 2.41. The maximum Gasteiger partial charge on any atom is 0.306 e. The van der Waals surface area contributed by atoms with Gasteiger partial charge >= 0.3 is 10.1 Å². The molecule has 0 saturated carbocycles. The quantitative estimate of drug-likeness (QED) is 0.849. The predicted molar refractivity (Wildman–Crippen MR) is 80.5 cm³/mol. The first-order chi connectivity index (χ1) is 9.51. The van der Waals surface area contributed by atoms with Gasteiger partial charge in [-0.2, -0.15) is 8.42 Å². The number of hydrogen-bond acceptors (Lipinski definition) is 4. The highest BCUT2D eigenvalue weighted by Crippen LogP contribution is 2.37. The molecule has 2 atom stereocenters. The van der Waals surface area contributed by atoms with Crippen LogP contribution in [0.5, 0.6) is 5.75 Å². The van der Waals surface area contributed by atoms with E-state index in [-0.39, 0.29) is 0 Å². The van der Waals surface area contributed by atoms with Crippen LogP contribution in [0.15, 0.2) is 24.3 Å².